The van der Waals surface area contributed by atoms with Crippen molar-refractivity contribution in [1.29, 1.82) is 0 Å². The number of aliphatic imine (C=N–C) groups is 1. The minimum Gasteiger partial charge on any atom is -0.365 e. The van der Waals surface area contributed by atoms with Crippen molar-refractivity contribution in [1.82, 2.24) is 10.2 Å². The van der Waals surface area contributed by atoms with E-state index in [-0.39, 0.29) is 0 Å². The number of nitrogens with one attached hydrogen (secondary N) is 1. The summed E-state index contributed by atoms with van der Waals surface area (Å²) < 4.78 is 0. The number of likely N-dealkylation sites (tertiary alicyclic amines) is 1. The van der Waals surface area contributed by atoms with Gasteiger partial charge in [-0.15, -0.1) is 0 Å². The number of hydrogen-bond acceptors (Lipinski definition) is 3. The van der Waals surface area contributed by atoms with Gasteiger partial charge < -0.3 is 10.2 Å². The second-order valence-corrected chi connectivity index (χ2v) is 3.57. The van der Waals surface area contributed by atoms with Crippen LogP contribution in [-0.4, -0.2) is 30.7 Å². The first-order valence-electron chi connectivity index (χ1n) is 4.57. The number of nitrogens with zero attached hydrogens (tertiary/aromatic N) is 2. The van der Waals surface area contributed by atoms with Crippen LogP contribution in [0.15, 0.2) is 17.0 Å². The molecule has 1 unspecified atom stereocenters. The Balaban J connectivity index is 2.00. The van der Waals surface area contributed by atoms with E-state index in [1.165, 1.54) is 25.3 Å². The number of rotatable bonds is 1. The molecule has 0 aromatic carbocycles. The van der Waals surface area contributed by atoms with Gasteiger partial charge in [-0.3, -0.25) is 4.99 Å². The Morgan fingerprint density at radius 3 is 3.17 bits per heavy atom. The molecule has 1 N–H and O–H groups in total. The smallest absolute Gasteiger partial charge is 0.120 e. The Labute approximate surface area is 73.2 Å². The Bertz CT molecular complexity index is 220. The van der Waals surface area contributed by atoms with Crippen LogP contribution in [-0.2, 0) is 0 Å². The van der Waals surface area contributed by atoms with Crippen molar-refractivity contribution in [2.75, 3.05) is 19.6 Å². The maximum Gasteiger partial charge on any atom is 0.120 e. The largest absolute Gasteiger partial charge is 0.365 e. The molecule has 0 aliphatic carbocycles. The predicted octanol–water partition coefficient (Wildman–Crippen LogP) is 0.801. The number of hydrogen-bond donors (Lipinski definition) is 1. The van der Waals surface area contributed by atoms with Crippen LogP contribution in [0.2, 0.25) is 0 Å². The fraction of sp³-hybridized carbons (Fsp3) is 0.667. The third-order valence-corrected chi connectivity index (χ3v) is 2.44. The molecule has 0 aromatic rings. The van der Waals surface area contributed by atoms with Crippen molar-refractivity contribution in [3.8, 4) is 0 Å². The average Bonchev–Trinajstić information content (AvgIpc) is 2.54. The van der Waals surface area contributed by atoms with E-state index < -0.39 is 0 Å². The summed E-state index contributed by atoms with van der Waals surface area (Å²) in [6.45, 7) is 5.52. The summed E-state index contributed by atoms with van der Waals surface area (Å²) in [6.07, 6.45) is 5.12. The molecule has 0 radical (unpaired) electrons. The highest BCUT2D eigenvalue weighted by Crippen LogP contribution is 2.18. The lowest BCUT2D eigenvalue weighted by molar-refractivity contribution is 0.380. The van der Waals surface area contributed by atoms with E-state index in [1.807, 2.05) is 12.4 Å². The molecule has 0 aromatic heterocycles. The standard InChI is InChI=1S/C9H15N3/c1-8-2-5-12(7-8)9-6-10-3-4-11-9/h3,6,8,11H,2,4-5,7H2,1H3. The maximum absolute atomic E-state index is 4.14. The molecule has 2 aliphatic rings. The first-order valence-corrected chi connectivity index (χ1v) is 4.57. The van der Waals surface area contributed by atoms with Crippen molar-refractivity contribution < 1.29 is 0 Å². The first-order chi connectivity index (χ1) is 5.86. The monoisotopic (exact) mass is 165 g/mol. The Kier molecular flexibility index (Phi) is 2.02. The molecule has 0 bridgehead atoms. The molecule has 1 fully saturated rings. The summed E-state index contributed by atoms with van der Waals surface area (Å²) in [7, 11) is 0. The van der Waals surface area contributed by atoms with Gasteiger partial charge in [-0.05, 0) is 12.3 Å². The average molecular weight is 165 g/mol. The Morgan fingerprint density at radius 1 is 1.67 bits per heavy atom. The molecular formula is C9H15N3. The van der Waals surface area contributed by atoms with Crippen molar-refractivity contribution in [3.63, 3.8) is 0 Å². The highest BCUT2D eigenvalue weighted by molar-refractivity contribution is 5.62. The second kappa shape index (κ2) is 3.17. The molecule has 3 nitrogen and oxygen atoms in total. The SMILES string of the molecule is CC1CCN(C2=CN=CCN2)C1. The van der Waals surface area contributed by atoms with Crippen molar-refractivity contribution in [2.45, 2.75) is 13.3 Å². The van der Waals surface area contributed by atoms with Crippen LogP contribution in [0.5, 0.6) is 0 Å². The zero-order valence-electron chi connectivity index (χ0n) is 7.45. The lowest BCUT2D eigenvalue weighted by Gasteiger charge is -2.23. The van der Waals surface area contributed by atoms with E-state index in [4.69, 9.17) is 0 Å². The summed E-state index contributed by atoms with van der Waals surface area (Å²) >= 11 is 0. The van der Waals surface area contributed by atoms with Gasteiger partial charge in [0.2, 0.25) is 0 Å². The summed E-state index contributed by atoms with van der Waals surface area (Å²) in [5.41, 5.74) is 0. The highest BCUT2D eigenvalue weighted by Gasteiger charge is 2.20. The normalized spacial score (nSPS) is 28.6. The summed E-state index contributed by atoms with van der Waals surface area (Å²) in [5.74, 6) is 2.03. The molecule has 1 atom stereocenters. The van der Waals surface area contributed by atoms with E-state index in [0.29, 0.717) is 0 Å². The molecule has 3 heteroatoms. The zero-order valence-corrected chi connectivity index (χ0v) is 7.45. The van der Waals surface area contributed by atoms with Gasteiger partial charge in [0.15, 0.2) is 0 Å². The molecule has 0 amide bonds. The summed E-state index contributed by atoms with van der Waals surface area (Å²) in [5, 5.41) is 3.32. The molecular weight excluding hydrogens is 150 g/mol. The zero-order chi connectivity index (χ0) is 8.39. The Hall–Kier alpha value is -0.990. The quantitative estimate of drug-likeness (QED) is 0.622. The van der Waals surface area contributed by atoms with Crippen LogP contribution >= 0.6 is 0 Å². The van der Waals surface area contributed by atoms with Crippen molar-refractivity contribution >= 4 is 6.21 Å². The third kappa shape index (κ3) is 1.44. The first kappa shape index (κ1) is 7.65. The van der Waals surface area contributed by atoms with Gasteiger partial charge in [0.25, 0.3) is 0 Å². The van der Waals surface area contributed by atoms with Crippen LogP contribution in [0.1, 0.15) is 13.3 Å². The highest BCUT2D eigenvalue weighted by atomic mass is 15.3. The van der Waals surface area contributed by atoms with Crippen LogP contribution in [0, 0.1) is 5.92 Å². The van der Waals surface area contributed by atoms with Crippen LogP contribution < -0.4 is 5.32 Å². The van der Waals surface area contributed by atoms with Gasteiger partial charge in [-0.25, -0.2) is 0 Å². The van der Waals surface area contributed by atoms with Gasteiger partial charge in [-0.2, -0.15) is 0 Å². The molecule has 2 heterocycles. The van der Waals surface area contributed by atoms with E-state index >= 15 is 0 Å². The van der Waals surface area contributed by atoms with E-state index in [0.717, 1.165) is 12.5 Å². The van der Waals surface area contributed by atoms with Gasteiger partial charge in [0.1, 0.15) is 5.82 Å². The lowest BCUT2D eigenvalue weighted by Crippen LogP contribution is -2.32. The topological polar surface area (TPSA) is 27.6 Å². The van der Waals surface area contributed by atoms with Crippen LogP contribution in [0.3, 0.4) is 0 Å². The van der Waals surface area contributed by atoms with E-state index in [9.17, 15) is 0 Å². The van der Waals surface area contributed by atoms with Crippen LogP contribution in [0.25, 0.3) is 0 Å². The van der Waals surface area contributed by atoms with Crippen molar-refractivity contribution in [3.05, 3.63) is 12.0 Å². The summed E-state index contributed by atoms with van der Waals surface area (Å²) in [4.78, 5) is 6.51. The molecule has 0 spiro atoms. The molecule has 0 saturated carbocycles. The fourth-order valence-corrected chi connectivity index (χ4v) is 1.72. The van der Waals surface area contributed by atoms with Gasteiger partial charge in [0.05, 0.1) is 12.7 Å². The van der Waals surface area contributed by atoms with Gasteiger partial charge in [-0.1, -0.05) is 6.92 Å². The third-order valence-electron chi connectivity index (χ3n) is 2.44. The minimum atomic E-state index is 0.832. The summed E-state index contributed by atoms with van der Waals surface area (Å²) in [6, 6.07) is 0. The van der Waals surface area contributed by atoms with Gasteiger partial charge in [0, 0.05) is 19.3 Å². The van der Waals surface area contributed by atoms with E-state index in [2.05, 4.69) is 22.1 Å². The molecule has 12 heavy (non-hydrogen) atoms. The molecule has 1 saturated heterocycles. The minimum absolute atomic E-state index is 0.832. The molecule has 66 valence electrons. The lowest BCUT2D eigenvalue weighted by atomic mass is 10.2. The van der Waals surface area contributed by atoms with Gasteiger partial charge >= 0.3 is 0 Å². The van der Waals surface area contributed by atoms with E-state index in [1.54, 1.807) is 0 Å². The molecule has 2 aliphatic heterocycles. The van der Waals surface area contributed by atoms with Crippen molar-refractivity contribution in [2.24, 2.45) is 10.9 Å². The Morgan fingerprint density at radius 2 is 2.58 bits per heavy atom. The van der Waals surface area contributed by atoms with Crippen LogP contribution in [0.4, 0.5) is 0 Å². The predicted molar refractivity (Wildman–Crippen MR) is 49.9 cm³/mol. The second-order valence-electron chi connectivity index (χ2n) is 3.57. The fourth-order valence-electron chi connectivity index (χ4n) is 1.72. The molecule has 2 rings (SSSR count). The maximum atomic E-state index is 4.14.